The van der Waals surface area contributed by atoms with Gasteiger partial charge in [0.15, 0.2) is 0 Å². The van der Waals surface area contributed by atoms with Gasteiger partial charge in [0.25, 0.3) is 0 Å². The summed E-state index contributed by atoms with van der Waals surface area (Å²) in [5.41, 5.74) is 9.07. The van der Waals surface area contributed by atoms with E-state index in [0.29, 0.717) is 0 Å². The minimum absolute atomic E-state index is 0.0496. The van der Waals surface area contributed by atoms with Crippen molar-refractivity contribution in [2.45, 2.75) is 38.1 Å². The Hall–Kier alpha value is -0.860. The van der Waals surface area contributed by atoms with Crippen molar-refractivity contribution in [1.29, 1.82) is 0 Å². The molecule has 2 N–H and O–H groups in total. The van der Waals surface area contributed by atoms with Crippen LogP contribution >= 0.6 is 0 Å². The van der Waals surface area contributed by atoms with Gasteiger partial charge in [-0.25, -0.2) is 0 Å². The minimum atomic E-state index is -0.0496. The molecule has 1 heterocycles. The van der Waals surface area contributed by atoms with E-state index in [-0.39, 0.29) is 5.54 Å². The Labute approximate surface area is 97.8 Å². The molecular formula is C14H21NO. The summed E-state index contributed by atoms with van der Waals surface area (Å²) in [5, 5.41) is 0. The predicted molar refractivity (Wildman–Crippen MR) is 66.5 cm³/mol. The molecule has 1 aromatic rings. The average Bonchev–Trinajstić information content (AvgIpc) is 2.30. The molecule has 0 saturated carbocycles. The van der Waals surface area contributed by atoms with Gasteiger partial charge in [0.2, 0.25) is 0 Å². The molecule has 1 aliphatic rings. The van der Waals surface area contributed by atoms with E-state index in [1.807, 2.05) is 0 Å². The first-order chi connectivity index (χ1) is 7.72. The van der Waals surface area contributed by atoms with Crippen molar-refractivity contribution in [3.63, 3.8) is 0 Å². The second-order valence-electron chi connectivity index (χ2n) is 4.82. The summed E-state index contributed by atoms with van der Waals surface area (Å²) in [7, 11) is 0. The molecule has 1 saturated heterocycles. The van der Waals surface area contributed by atoms with Gasteiger partial charge < -0.3 is 10.5 Å². The number of hydrogen-bond acceptors (Lipinski definition) is 2. The summed E-state index contributed by atoms with van der Waals surface area (Å²) in [5.74, 6) is 0. The maximum Gasteiger partial charge on any atom is 0.0483 e. The smallest absolute Gasteiger partial charge is 0.0483 e. The molecule has 0 atom stereocenters. The van der Waals surface area contributed by atoms with E-state index in [9.17, 15) is 0 Å². The molecule has 0 spiro atoms. The minimum Gasteiger partial charge on any atom is -0.381 e. The molecule has 16 heavy (non-hydrogen) atoms. The number of aryl methyl sites for hydroxylation is 1. The molecule has 2 heteroatoms. The average molecular weight is 219 g/mol. The number of benzene rings is 1. The van der Waals surface area contributed by atoms with Crippen LogP contribution < -0.4 is 5.73 Å². The Morgan fingerprint density at radius 1 is 1.12 bits per heavy atom. The van der Waals surface area contributed by atoms with Crippen LogP contribution in [0.15, 0.2) is 24.3 Å². The zero-order valence-corrected chi connectivity index (χ0v) is 10.0. The molecule has 1 aliphatic heterocycles. The molecule has 0 unspecified atom stereocenters. The molecular weight excluding hydrogens is 198 g/mol. The largest absolute Gasteiger partial charge is 0.381 e. The molecule has 0 aromatic heterocycles. The molecule has 0 bridgehead atoms. The standard InChI is InChI=1S/C14H21NO/c1-2-12-3-5-13(6-4-12)11-14(15)7-9-16-10-8-14/h3-6H,2,7-11,15H2,1H3. The summed E-state index contributed by atoms with van der Waals surface area (Å²) in [6, 6.07) is 8.84. The van der Waals surface area contributed by atoms with E-state index in [4.69, 9.17) is 10.5 Å². The Balaban J connectivity index is 2.01. The maximum absolute atomic E-state index is 6.38. The summed E-state index contributed by atoms with van der Waals surface area (Å²) in [6.45, 7) is 3.80. The lowest BCUT2D eigenvalue weighted by Crippen LogP contribution is -2.46. The highest BCUT2D eigenvalue weighted by Gasteiger charge is 2.27. The molecule has 1 fully saturated rings. The summed E-state index contributed by atoms with van der Waals surface area (Å²) in [6.07, 6.45) is 4.02. The Kier molecular flexibility index (Phi) is 3.62. The Morgan fingerprint density at radius 2 is 1.69 bits per heavy atom. The van der Waals surface area contributed by atoms with Crippen LogP contribution in [0.25, 0.3) is 0 Å². The van der Waals surface area contributed by atoms with Crippen LogP contribution in [0.1, 0.15) is 30.9 Å². The van der Waals surface area contributed by atoms with Crippen LogP contribution in [0.5, 0.6) is 0 Å². The van der Waals surface area contributed by atoms with E-state index in [1.54, 1.807) is 0 Å². The topological polar surface area (TPSA) is 35.2 Å². The number of nitrogens with two attached hydrogens (primary N) is 1. The zero-order valence-electron chi connectivity index (χ0n) is 10.0. The van der Waals surface area contributed by atoms with Crippen LogP contribution in [0.4, 0.5) is 0 Å². The third-order valence-corrected chi connectivity index (χ3v) is 3.48. The van der Waals surface area contributed by atoms with Gasteiger partial charge in [-0.1, -0.05) is 31.2 Å². The third-order valence-electron chi connectivity index (χ3n) is 3.48. The summed E-state index contributed by atoms with van der Waals surface area (Å²) < 4.78 is 5.36. The first-order valence-electron chi connectivity index (χ1n) is 6.16. The van der Waals surface area contributed by atoms with E-state index >= 15 is 0 Å². The third kappa shape index (κ3) is 2.83. The van der Waals surface area contributed by atoms with Crippen molar-refractivity contribution in [3.8, 4) is 0 Å². The first kappa shape index (κ1) is 11.6. The van der Waals surface area contributed by atoms with E-state index in [2.05, 4.69) is 31.2 Å². The molecule has 88 valence electrons. The SMILES string of the molecule is CCc1ccc(CC2(N)CCOCC2)cc1. The molecule has 1 aromatic carbocycles. The highest BCUT2D eigenvalue weighted by Crippen LogP contribution is 2.22. The maximum atomic E-state index is 6.38. The monoisotopic (exact) mass is 219 g/mol. The van der Waals surface area contributed by atoms with Crippen LogP contribution in [0, 0.1) is 0 Å². The van der Waals surface area contributed by atoms with E-state index < -0.39 is 0 Å². The van der Waals surface area contributed by atoms with E-state index in [0.717, 1.165) is 38.9 Å². The van der Waals surface area contributed by atoms with Gasteiger partial charge >= 0.3 is 0 Å². The second-order valence-corrected chi connectivity index (χ2v) is 4.82. The van der Waals surface area contributed by atoms with Gasteiger partial charge in [0, 0.05) is 18.8 Å². The van der Waals surface area contributed by atoms with Gasteiger partial charge in [-0.15, -0.1) is 0 Å². The normalized spacial score (nSPS) is 19.6. The fourth-order valence-corrected chi connectivity index (χ4v) is 2.25. The van der Waals surface area contributed by atoms with Crippen molar-refractivity contribution >= 4 is 0 Å². The lowest BCUT2D eigenvalue weighted by Gasteiger charge is -2.33. The fraction of sp³-hybridized carbons (Fsp3) is 0.571. The van der Waals surface area contributed by atoms with Gasteiger partial charge in [-0.05, 0) is 36.8 Å². The summed E-state index contributed by atoms with van der Waals surface area (Å²) >= 11 is 0. The highest BCUT2D eigenvalue weighted by molar-refractivity contribution is 5.24. The van der Waals surface area contributed by atoms with Crippen LogP contribution in [-0.2, 0) is 17.6 Å². The molecule has 0 amide bonds. The highest BCUT2D eigenvalue weighted by atomic mass is 16.5. The molecule has 2 nitrogen and oxygen atoms in total. The molecule has 0 aliphatic carbocycles. The van der Waals surface area contributed by atoms with Crippen LogP contribution in [0.2, 0.25) is 0 Å². The van der Waals surface area contributed by atoms with Gasteiger partial charge in [-0.3, -0.25) is 0 Å². The van der Waals surface area contributed by atoms with Crippen molar-refractivity contribution in [2.75, 3.05) is 13.2 Å². The summed E-state index contributed by atoms with van der Waals surface area (Å²) in [4.78, 5) is 0. The van der Waals surface area contributed by atoms with Crippen LogP contribution in [-0.4, -0.2) is 18.8 Å². The zero-order chi connectivity index (χ0) is 11.4. The molecule has 2 rings (SSSR count). The van der Waals surface area contributed by atoms with Crippen molar-refractivity contribution in [2.24, 2.45) is 5.73 Å². The van der Waals surface area contributed by atoms with Gasteiger partial charge in [0.1, 0.15) is 0 Å². The second kappa shape index (κ2) is 4.98. The lowest BCUT2D eigenvalue weighted by molar-refractivity contribution is 0.0533. The van der Waals surface area contributed by atoms with E-state index in [1.165, 1.54) is 11.1 Å². The predicted octanol–water partition coefficient (Wildman–Crippen LogP) is 2.30. The molecule has 0 radical (unpaired) electrons. The van der Waals surface area contributed by atoms with Gasteiger partial charge in [0.05, 0.1) is 0 Å². The Bertz CT molecular complexity index is 325. The van der Waals surface area contributed by atoms with Crippen LogP contribution in [0.3, 0.4) is 0 Å². The van der Waals surface area contributed by atoms with Crippen molar-refractivity contribution < 1.29 is 4.74 Å². The van der Waals surface area contributed by atoms with Crippen molar-refractivity contribution in [3.05, 3.63) is 35.4 Å². The number of hydrogen-bond donors (Lipinski definition) is 1. The first-order valence-corrected chi connectivity index (χ1v) is 6.16. The fourth-order valence-electron chi connectivity index (χ4n) is 2.25. The Morgan fingerprint density at radius 3 is 2.25 bits per heavy atom. The number of rotatable bonds is 3. The van der Waals surface area contributed by atoms with Crippen molar-refractivity contribution in [1.82, 2.24) is 0 Å². The van der Waals surface area contributed by atoms with Gasteiger partial charge in [-0.2, -0.15) is 0 Å². The lowest BCUT2D eigenvalue weighted by atomic mass is 9.84. The number of ether oxygens (including phenoxy) is 1. The quantitative estimate of drug-likeness (QED) is 0.846.